The van der Waals surface area contributed by atoms with Crippen LogP contribution in [0.4, 0.5) is 0 Å². The Bertz CT molecular complexity index is 417. The molecule has 0 amide bonds. The lowest BCUT2D eigenvalue weighted by Crippen LogP contribution is -2.33. The van der Waals surface area contributed by atoms with Crippen LogP contribution < -0.4 is 0 Å². The highest BCUT2D eigenvalue weighted by Gasteiger charge is 2.21. The van der Waals surface area contributed by atoms with Crippen LogP contribution in [0.15, 0.2) is 18.2 Å². The molecule has 0 saturated heterocycles. The van der Waals surface area contributed by atoms with Gasteiger partial charge in [0.2, 0.25) is 0 Å². The predicted octanol–water partition coefficient (Wildman–Crippen LogP) is 0.824. The van der Waals surface area contributed by atoms with Gasteiger partial charge in [-0.05, 0) is 23.6 Å². The van der Waals surface area contributed by atoms with Crippen LogP contribution >= 0.6 is 0 Å². The number of rotatable bonds is 3. The minimum absolute atomic E-state index is 0.149. The maximum atomic E-state index is 11.7. The summed E-state index contributed by atoms with van der Waals surface area (Å²) < 4.78 is 4.79. The molecule has 0 fully saturated rings. The number of benzene rings is 1. The summed E-state index contributed by atoms with van der Waals surface area (Å²) in [7, 11) is 1.40. The number of nitrogens with zero attached hydrogens (tertiary/aromatic N) is 1. The first-order valence-electron chi connectivity index (χ1n) is 5.78. The zero-order chi connectivity index (χ0) is 12.3. The zero-order valence-electron chi connectivity index (χ0n) is 9.98. The fourth-order valence-corrected chi connectivity index (χ4v) is 2.27. The molecule has 1 aliphatic rings. The summed E-state index contributed by atoms with van der Waals surface area (Å²) in [5, 5.41) is 8.96. The number of carbonyl (C=O) groups excluding carboxylic acids is 1. The van der Waals surface area contributed by atoms with E-state index < -0.39 is 0 Å². The van der Waals surface area contributed by atoms with Gasteiger partial charge in [0.05, 0.1) is 19.3 Å². The molecule has 1 heterocycles. The topological polar surface area (TPSA) is 49.8 Å². The number of fused-ring (bicyclic) bond motifs is 1. The van der Waals surface area contributed by atoms with Crippen molar-refractivity contribution in [1.82, 2.24) is 4.90 Å². The molecule has 92 valence electrons. The number of ether oxygens (including phenoxy) is 1. The second kappa shape index (κ2) is 5.29. The van der Waals surface area contributed by atoms with Crippen molar-refractivity contribution >= 4 is 5.97 Å². The molecule has 1 aromatic carbocycles. The molecule has 0 aromatic heterocycles. The van der Waals surface area contributed by atoms with Gasteiger partial charge in [-0.2, -0.15) is 0 Å². The average molecular weight is 235 g/mol. The summed E-state index contributed by atoms with van der Waals surface area (Å²) in [6.07, 6.45) is 0.917. The summed E-state index contributed by atoms with van der Waals surface area (Å²) in [6, 6.07) is 5.75. The third-order valence-electron chi connectivity index (χ3n) is 3.17. The van der Waals surface area contributed by atoms with Crippen LogP contribution in [0.1, 0.15) is 21.5 Å². The molecule has 1 aromatic rings. The molecule has 0 unspecified atom stereocenters. The Kier molecular flexibility index (Phi) is 3.76. The smallest absolute Gasteiger partial charge is 0.338 e. The van der Waals surface area contributed by atoms with E-state index in [1.54, 1.807) is 6.07 Å². The van der Waals surface area contributed by atoms with Crippen LogP contribution in [0.5, 0.6) is 0 Å². The Labute approximate surface area is 101 Å². The second-order valence-corrected chi connectivity index (χ2v) is 4.18. The number of esters is 1. The van der Waals surface area contributed by atoms with Crippen LogP contribution in [0.25, 0.3) is 0 Å². The summed E-state index contributed by atoms with van der Waals surface area (Å²) >= 11 is 0. The number of methoxy groups -OCH3 is 1. The van der Waals surface area contributed by atoms with E-state index in [4.69, 9.17) is 9.84 Å². The van der Waals surface area contributed by atoms with Crippen LogP contribution in [-0.4, -0.2) is 42.8 Å². The highest BCUT2D eigenvalue weighted by Crippen LogP contribution is 2.23. The number of aliphatic hydroxyl groups is 1. The van der Waals surface area contributed by atoms with Crippen LogP contribution in [0.3, 0.4) is 0 Å². The van der Waals surface area contributed by atoms with Crippen molar-refractivity contribution in [1.29, 1.82) is 0 Å². The lowest BCUT2D eigenvalue weighted by molar-refractivity contribution is 0.0597. The van der Waals surface area contributed by atoms with Crippen LogP contribution in [0, 0.1) is 0 Å². The largest absolute Gasteiger partial charge is 0.465 e. The molecule has 17 heavy (non-hydrogen) atoms. The maximum Gasteiger partial charge on any atom is 0.338 e. The molecular formula is C13H17NO3. The molecule has 0 bridgehead atoms. The van der Waals surface area contributed by atoms with Gasteiger partial charge in [0.25, 0.3) is 0 Å². The Morgan fingerprint density at radius 2 is 2.35 bits per heavy atom. The van der Waals surface area contributed by atoms with Gasteiger partial charge in [0, 0.05) is 19.6 Å². The van der Waals surface area contributed by atoms with Crippen molar-refractivity contribution in [3.63, 3.8) is 0 Å². The lowest BCUT2D eigenvalue weighted by atomic mass is 9.95. The molecule has 4 nitrogen and oxygen atoms in total. The highest BCUT2D eigenvalue weighted by molar-refractivity contribution is 5.91. The van der Waals surface area contributed by atoms with E-state index in [2.05, 4.69) is 11.0 Å². The van der Waals surface area contributed by atoms with Crippen molar-refractivity contribution in [2.24, 2.45) is 0 Å². The zero-order valence-corrected chi connectivity index (χ0v) is 9.98. The third-order valence-corrected chi connectivity index (χ3v) is 3.17. The summed E-state index contributed by atoms with van der Waals surface area (Å²) in [5.41, 5.74) is 2.90. The first kappa shape index (κ1) is 12.1. The van der Waals surface area contributed by atoms with Gasteiger partial charge in [-0.1, -0.05) is 12.1 Å². The minimum Gasteiger partial charge on any atom is -0.465 e. The fourth-order valence-electron chi connectivity index (χ4n) is 2.27. The normalized spacial score (nSPS) is 15.4. The van der Waals surface area contributed by atoms with Crippen LogP contribution in [-0.2, 0) is 17.7 Å². The maximum absolute atomic E-state index is 11.7. The Balaban J connectivity index is 2.29. The van der Waals surface area contributed by atoms with E-state index in [9.17, 15) is 4.79 Å². The Morgan fingerprint density at radius 3 is 3.06 bits per heavy atom. The molecule has 0 aliphatic carbocycles. The van der Waals surface area contributed by atoms with E-state index in [0.29, 0.717) is 18.7 Å². The van der Waals surface area contributed by atoms with Gasteiger partial charge in [-0.3, -0.25) is 4.90 Å². The number of hydrogen-bond donors (Lipinski definition) is 1. The minimum atomic E-state index is -0.285. The number of β-amino-alcohol motifs (C(OH)–C–C–N with tert-alkyl or cyclic N) is 1. The lowest BCUT2D eigenvalue weighted by Gasteiger charge is -2.29. The molecule has 4 heteroatoms. The molecule has 2 rings (SSSR count). The first-order valence-corrected chi connectivity index (χ1v) is 5.78. The van der Waals surface area contributed by atoms with Crippen molar-refractivity contribution < 1.29 is 14.6 Å². The fraction of sp³-hybridized carbons (Fsp3) is 0.462. The first-order chi connectivity index (χ1) is 8.26. The van der Waals surface area contributed by atoms with Crippen molar-refractivity contribution in [2.75, 3.05) is 26.8 Å². The third kappa shape index (κ3) is 2.48. The van der Waals surface area contributed by atoms with E-state index >= 15 is 0 Å². The molecule has 0 radical (unpaired) electrons. The summed E-state index contributed by atoms with van der Waals surface area (Å²) in [5.74, 6) is -0.285. The molecular weight excluding hydrogens is 218 g/mol. The number of carbonyl (C=O) groups is 1. The Hall–Kier alpha value is -1.39. The SMILES string of the molecule is COC(=O)c1cccc2c1CN(CCO)CC2. The van der Waals surface area contributed by atoms with E-state index in [-0.39, 0.29) is 12.6 Å². The monoisotopic (exact) mass is 235 g/mol. The highest BCUT2D eigenvalue weighted by atomic mass is 16.5. The van der Waals surface area contributed by atoms with E-state index in [1.807, 2.05) is 6.07 Å². The molecule has 0 spiro atoms. The van der Waals surface area contributed by atoms with E-state index in [1.165, 1.54) is 12.7 Å². The van der Waals surface area contributed by atoms with Crippen molar-refractivity contribution in [3.05, 3.63) is 34.9 Å². The Morgan fingerprint density at radius 1 is 1.53 bits per heavy atom. The standard InChI is InChI=1S/C13H17NO3/c1-17-13(16)11-4-2-3-10-5-6-14(7-8-15)9-12(10)11/h2-4,15H,5-9H2,1H3. The van der Waals surface area contributed by atoms with Gasteiger partial charge < -0.3 is 9.84 Å². The number of hydrogen-bond acceptors (Lipinski definition) is 4. The van der Waals surface area contributed by atoms with Gasteiger partial charge in [-0.15, -0.1) is 0 Å². The molecule has 0 saturated carbocycles. The van der Waals surface area contributed by atoms with Gasteiger partial charge in [0.15, 0.2) is 0 Å². The summed E-state index contributed by atoms with van der Waals surface area (Å²) in [4.78, 5) is 13.8. The van der Waals surface area contributed by atoms with Crippen molar-refractivity contribution in [2.45, 2.75) is 13.0 Å². The predicted molar refractivity (Wildman–Crippen MR) is 63.8 cm³/mol. The molecule has 1 aliphatic heterocycles. The van der Waals surface area contributed by atoms with Crippen LogP contribution in [0.2, 0.25) is 0 Å². The quantitative estimate of drug-likeness (QED) is 0.788. The van der Waals surface area contributed by atoms with E-state index in [0.717, 1.165) is 18.5 Å². The molecule has 1 N–H and O–H groups in total. The number of aliphatic hydroxyl groups excluding tert-OH is 1. The van der Waals surface area contributed by atoms with Crippen molar-refractivity contribution in [3.8, 4) is 0 Å². The second-order valence-electron chi connectivity index (χ2n) is 4.18. The van der Waals surface area contributed by atoms with Gasteiger partial charge in [0.1, 0.15) is 0 Å². The van der Waals surface area contributed by atoms with Gasteiger partial charge >= 0.3 is 5.97 Å². The van der Waals surface area contributed by atoms with Gasteiger partial charge in [-0.25, -0.2) is 4.79 Å². The molecule has 0 atom stereocenters. The average Bonchev–Trinajstić information content (AvgIpc) is 2.37. The summed E-state index contributed by atoms with van der Waals surface area (Å²) in [6.45, 7) is 2.43.